The van der Waals surface area contributed by atoms with Crippen LogP contribution in [0.4, 0.5) is 13.2 Å². The normalized spacial score (nSPS) is 7.31. The number of hydrogen-bond acceptors (Lipinski definition) is 2. The van der Waals surface area contributed by atoms with Crippen LogP contribution in [-0.4, -0.2) is 0 Å². The molecule has 0 aliphatic heterocycles. The minimum Gasteiger partial charge on any atom is -0.344 e. The van der Waals surface area contributed by atoms with Gasteiger partial charge in [-0.2, -0.15) is 5.26 Å². The summed E-state index contributed by atoms with van der Waals surface area (Å²) in [5.74, 6) is -2.96. The quantitative estimate of drug-likeness (QED) is 0.639. The van der Waals surface area contributed by atoms with Crippen molar-refractivity contribution < 1.29 is 13.2 Å². The van der Waals surface area contributed by atoms with E-state index in [-0.39, 0.29) is 6.15 Å². The molecule has 0 saturated carbocycles. The van der Waals surface area contributed by atoms with Gasteiger partial charge < -0.3 is 6.15 Å². The number of nitriles is 1. The first kappa shape index (κ1) is 14.0. The van der Waals surface area contributed by atoms with E-state index in [1.807, 2.05) is 0 Å². The fraction of sp³-hybridized carbons (Fsp3) is 0.125. The van der Waals surface area contributed by atoms with Crippen LogP contribution in [0.3, 0.4) is 0 Å². The highest BCUT2D eigenvalue weighted by molar-refractivity contribution is 5.07. The molecule has 72 valence electrons. The summed E-state index contributed by atoms with van der Waals surface area (Å²) in [6.07, 6.45) is 0. The number of benzene rings is 1. The average Bonchev–Trinajstić information content (AvgIpc) is 1.99. The van der Waals surface area contributed by atoms with Gasteiger partial charge in [-0.3, -0.25) is 0 Å². The molecule has 0 aromatic heterocycles. The second-order valence-electron chi connectivity index (χ2n) is 1.78. The first-order valence-corrected chi connectivity index (χ1v) is 3.03. The molecule has 0 aliphatic carbocycles. The van der Waals surface area contributed by atoms with Crippen LogP contribution in [0.15, 0.2) is 18.2 Å². The Kier molecular flexibility index (Phi) is 7.68. The summed E-state index contributed by atoms with van der Waals surface area (Å²) < 4.78 is 35.9. The second-order valence-corrected chi connectivity index (χ2v) is 1.78. The lowest BCUT2D eigenvalue weighted by Crippen LogP contribution is -1.83. The Hall–Kier alpha value is -1.54. The molecule has 2 nitrogen and oxygen atoms in total. The molecule has 0 radical (unpaired) electrons. The average molecular weight is 190 g/mol. The van der Waals surface area contributed by atoms with Gasteiger partial charge in [0.2, 0.25) is 0 Å². The van der Waals surface area contributed by atoms with Crippen LogP contribution in [0.5, 0.6) is 0 Å². The first-order chi connectivity index (χ1) is 5.61. The monoisotopic (exact) mass is 190 g/mol. The third-order valence-electron chi connectivity index (χ3n) is 0.882. The Bertz CT molecular complexity index is 294. The Balaban J connectivity index is 0. The van der Waals surface area contributed by atoms with E-state index in [1.165, 1.54) is 6.92 Å². The number of hydrogen-bond donors (Lipinski definition) is 1. The largest absolute Gasteiger partial charge is 0.344 e. The van der Waals surface area contributed by atoms with E-state index in [4.69, 9.17) is 5.26 Å². The van der Waals surface area contributed by atoms with E-state index in [0.717, 1.165) is 12.1 Å². The standard InChI is InChI=1S/C6H3F3.C2H3N.H3N/c7-4-1-2-5(8)6(9)3-4;1-2-3;/h1-3H;1H3;1H3. The van der Waals surface area contributed by atoms with Crippen LogP contribution in [0, 0.1) is 28.8 Å². The fourth-order valence-electron chi connectivity index (χ4n) is 0.470. The van der Waals surface area contributed by atoms with E-state index in [9.17, 15) is 13.2 Å². The summed E-state index contributed by atoms with van der Waals surface area (Å²) in [7, 11) is 0. The number of rotatable bonds is 0. The summed E-state index contributed by atoms with van der Waals surface area (Å²) in [6, 6.07) is 3.85. The highest BCUT2D eigenvalue weighted by Crippen LogP contribution is 2.05. The summed E-state index contributed by atoms with van der Waals surface area (Å²) >= 11 is 0. The zero-order chi connectivity index (χ0) is 9.56. The van der Waals surface area contributed by atoms with Gasteiger partial charge in [-0.15, -0.1) is 0 Å². The Morgan fingerprint density at radius 3 is 1.92 bits per heavy atom. The van der Waals surface area contributed by atoms with Crippen molar-refractivity contribution in [3.63, 3.8) is 0 Å². The van der Waals surface area contributed by atoms with Crippen molar-refractivity contribution in [3.8, 4) is 6.07 Å². The van der Waals surface area contributed by atoms with Gasteiger partial charge in [0.25, 0.3) is 0 Å². The van der Waals surface area contributed by atoms with Gasteiger partial charge in [0.1, 0.15) is 5.82 Å². The third-order valence-corrected chi connectivity index (χ3v) is 0.882. The molecule has 0 fully saturated rings. The van der Waals surface area contributed by atoms with Crippen molar-refractivity contribution in [2.45, 2.75) is 6.92 Å². The molecule has 0 saturated heterocycles. The van der Waals surface area contributed by atoms with Gasteiger partial charge in [0.05, 0.1) is 6.07 Å². The zero-order valence-electron chi connectivity index (χ0n) is 7.02. The molecule has 0 unspecified atom stereocenters. The van der Waals surface area contributed by atoms with Gasteiger partial charge in [-0.1, -0.05) is 0 Å². The predicted molar refractivity (Wildman–Crippen MR) is 42.6 cm³/mol. The molecule has 1 aromatic carbocycles. The highest BCUT2D eigenvalue weighted by atomic mass is 19.2. The third kappa shape index (κ3) is 5.70. The molecule has 1 aromatic rings. The maximum absolute atomic E-state index is 12.0. The Labute approximate surface area is 74.2 Å². The maximum Gasteiger partial charge on any atom is 0.161 e. The van der Waals surface area contributed by atoms with Gasteiger partial charge in [0, 0.05) is 13.0 Å². The maximum atomic E-state index is 12.0. The van der Waals surface area contributed by atoms with Crippen LogP contribution < -0.4 is 6.15 Å². The molecule has 0 amide bonds. The van der Waals surface area contributed by atoms with Crippen LogP contribution in [0.25, 0.3) is 0 Å². The molecule has 3 N–H and O–H groups in total. The van der Waals surface area contributed by atoms with E-state index >= 15 is 0 Å². The number of nitrogens with zero attached hydrogens (tertiary/aromatic N) is 1. The minimum atomic E-state index is -1.16. The van der Waals surface area contributed by atoms with E-state index < -0.39 is 17.5 Å². The van der Waals surface area contributed by atoms with Gasteiger partial charge in [-0.25, -0.2) is 13.2 Å². The van der Waals surface area contributed by atoms with E-state index in [1.54, 1.807) is 6.07 Å². The summed E-state index contributed by atoms with van der Waals surface area (Å²) in [5.41, 5.74) is 0. The molecule has 13 heavy (non-hydrogen) atoms. The lowest BCUT2D eigenvalue weighted by atomic mass is 10.3. The van der Waals surface area contributed by atoms with E-state index in [2.05, 4.69) is 0 Å². The second kappa shape index (κ2) is 7.13. The van der Waals surface area contributed by atoms with Crippen molar-refractivity contribution >= 4 is 0 Å². The van der Waals surface area contributed by atoms with E-state index in [0.29, 0.717) is 6.07 Å². The highest BCUT2D eigenvalue weighted by Gasteiger charge is 1.99. The fourth-order valence-corrected chi connectivity index (χ4v) is 0.470. The topological polar surface area (TPSA) is 58.8 Å². The van der Waals surface area contributed by atoms with Gasteiger partial charge in [0.15, 0.2) is 11.6 Å². The SMILES string of the molecule is CC#N.Fc1ccc(F)c(F)c1.N. The molecule has 5 heteroatoms. The molecule has 0 spiro atoms. The van der Waals surface area contributed by atoms with Crippen molar-refractivity contribution in [2.24, 2.45) is 0 Å². The van der Waals surface area contributed by atoms with Crippen molar-refractivity contribution in [3.05, 3.63) is 35.7 Å². The van der Waals surface area contributed by atoms with Crippen LogP contribution in [-0.2, 0) is 0 Å². The first-order valence-electron chi connectivity index (χ1n) is 3.03. The summed E-state index contributed by atoms with van der Waals surface area (Å²) in [6.45, 7) is 1.43. The molecular formula is C8H9F3N2. The molecular weight excluding hydrogens is 181 g/mol. The molecule has 1 rings (SSSR count). The predicted octanol–water partition coefficient (Wildman–Crippen LogP) is 2.80. The van der Waals surface area contributed by atoms with Crippen molar-refractivity contribution in [1.29, 1.82) is 5.26 Å². The van der Waals surface area contributed by atoms with Crippen molar-refractivity contribution in [2.75, 3.05) is 0 Å². The smallest absolute Gasteiger partial charge is 0.161 e. The zero-order valence-corrected chi connectivity index (χ0v) is 7.02. The van der Waals surface area contributed by atoms with Gasteiger partial charge >= 0.3 is 0 Å². The molecule has 0 atom stereocenters. The lowest BCUT2D eigenvalue weighted by molar-refractivity contribution is 0.495. The Morgan fingerprint density at radius 1 is 1.15 bits per heavy atom. The Morgan fingerprint density at radius 2 is 1.62 bits per heavy atom. The number of halogens is 3. The molecule has 0 aliphatic rings. The minimum absolute atomic E-state index is 0. The lowest BCUT2D eigenvalue weighted by Gasteiger charge is -1.88. The van der Waals surface area contributed by atoms with Crippen molar-refractivity contribution in [1.82, 2.24) is 6.15 Å². The molecule has 0 heterocycles. The van der Waals surface area contributed by atoms with Crippen LogP contribution in [0.2, 0.25) is 0 Å². The van der Waals surface area contributed by atoms with Gasteiger partial charge in [-0.05, 0) is 12.1 Å². The summed E-state index contributed by atoms with van der Waals surface area (Å²) in [5, 5.41) is 7.32. The van der Waals surface area contributed by atoms with Crippen LogP contribution in [0.1, 0.15) is 6.92 Å². The van der Waals surface area contributed by atoms with Crippen LogP contribution >= 0.6 is 0 Å². The summed E-state index contributed by atoms with van der Waals surface area (Å²) in [4.78, 5) is 0. The molecule has 0 bridgehead atoms.